The van der Waals surface area contributed by atoms with E-state index in [-0.39, 0.29) is 48.3 Å². The van der Waals surface area contributed by atoms with E-state index in [0.717, 1.165) is 65.1 Å². The molecule has 0 unspecified atom stereocenters. The van der Waals surface area contributed by atoms with Gasteiger partial charge in [-0.15, -0.1) is 11.3 Å². The second kappa shape index (κ2) is 19.1. The molecule has 1 aromatic carbocycles. The lowest BCUT2D eigenvalue weighted by molar-refractivity contribution is -0.152. The Morgan fingerprint density at radius 3 is 2.63 bits per heavy atom. The Kier molecular flexibility index (Phi) is 13.2. The lowest BCUT2D eigenvalue weighted by Gasteiger charge is -2.34. The van der Waals surface area contributed by atoms with Crippen molar-refractivity contribution in [2.75, 3.05) is 43.9 Å². The Morgan fingerprint density at radius 2 is 1.83 bits per heavy atom. The normalized spacial score (nSPS) is 20.9. The fourth-order valence-corrected chi connectivity index (χ4v) is 10.7. The molecule has 59 heavy (non-hydrogen) atoms. The average molecular weight is 844 g/mol. The molecule has 3 saturated heterocycles. The van der Waals surface area contributed by atoms with E-state index in [9.17, 15) is 19.2 Å². The first-order valence-electron chi connectivity index (χ1n) is 20.7. The summed E-state index contributed by atoms with van der Waals surface area (Å²) in [6.07, 6.45) is 12.2. The van der Waals surface area contributed by atoms with Gasteiger partial charge >= 0.3 is 12.0 Å². The summed E-state index contributed by atoms with van der Waals surface area (Å²) in [4.78, 5) is 63.7. The van der Waals surface area contributed by atoms with Gasteiger partial charge in [0.1, 0.15) is 5.75 Å². The third kappa shape index (κ3) is 10.9. The van der Waals surface area contributed by atoms with Gasteiger partial charge < -0.3 is 30.3 Å². The molecular weight excluding hydrogens is 794 g/mol. The molecule has 3 aliphatic heterocycles. The quantitative estimate of drug-likeness (QED) is 0.0884. The molecule has 8 rings (SSSR count). The molecule has 4 fully saturated rings. The van der Waals surface area contributed by atoms with Crippen LogP contribution in [0.5, 0.6) is 11.5 Å². The summed E-state index contributed by atoms with van der Waals surface area (Å²) >= 11 is 3.41. The summed E-state index contributed by atoms with van der Waals surface area (Å²) < 4.78 is 27.1. The molecule has 4 aromatic rings. The van der Waals surface area contributed by atoms with Crippen molar-refractivity contribution in [3.05, 3.63) is 66.2 Å². The van der Waals surface area contributed by atoms with Crippen LogP contribution in [0, 0.1) is 11.7 Å². The number of unbranched alkanes of at least 4 members (excludes halogenated alkanes) is 1. The van der Waals surface area contributed by atoms with Crippen LogP contribution in [-0.2, 0) is 25.7 Å². The van der Waals surface area contributed by atoms with Crippen LogP contribution in [0.3, 0.4) is 0 Å². The van der Waals surface area contributed by atoms with E-state index in [1.807, 2.05) is 36.2 Å². The van der Waals surface area contributed by atoms with Gasteiger partial charge in [-0.2, -0.15) is 11.8 Å². The average Bonchev–Trinajstić information content (AvgIpc) is 3.80. The summed E-state index contributed by atoms with van der Waals surface area (Å²) in [5, 5.41) is 9.14. The van der Waals surface area contributed by atoms with Crippen molar-refractivity contribution in [1.82, 2.24) is 30.4 Å². The van der Waals surface area contributed by atoms with Crippen LogP contribution >= 0.6 is 23.1 Å². The number of ether oxygens (including phenoxy) is 2. The van der Waals surface area contributed by atoms with Crippen LogP contribution in [0.1, 0.15) is 69.8 Å². The van der Waals surface area contributed by atoms with E-state index in [0.29, 0.717) is 80.1 Å². The number of nitrogens with zero attached hydrogens (tertiary/aromatic N) is 4. The molecule has 3 aromatic heterocycles. The number of thioether (sulfide) groups is 1. The monoisotopic (exact) mass is 843 g/mol. The summed E-state index contributed by atoms with van der Waals surface area (Å²) in [5.41, 5.74) is 2.88. The third-order valence-corrected chi connectivity index (χ3v) is 14.1. The van der Waals surface area contributed by atoms with Gasteiger partial charge in [0.2, 0.25) is 5.91 Å². The molecule has 4 aliphatic rings. The van der Waals surface area contributed by atoms with E-state index >= 15 is 4.39 Å². The number of aromatic nitrogens is 2. The summed E-state index contributed by atoms with van der Waals surface area (Å²) in [6.45, 7) is 2.96. The maximum Gasteiger partial charge on any atom is 0.319 e. The maximum absolute atomic E-state index is 15.0. The van der Waals surface area contributed by atoms with Crippen molar-refractivity contribution in [1.29, 1.82) is 0 Å². The number of amides is 4. The highest BCUT2D eigenvalue weighted by atomic mass is 32.2. The van der Waals surface area contributed by atoms with Crippen molar-refractivity contribution in [3.8, 4) is 22.1 Å². The van der Waals surface area contributed by atoms with Crippen molar-refractivity contribution in [3.63, 3.8) is 0 Å². The van der Waals surface area contributed by atoms with E-state index < -0.39 is 5.82 Å². The molecule has 0 bridgehead atoms. The van der Waals surface area contributed by atoms with Gasteiger partial charge in [0, 0.05) is 93.1 Å². The number of halogens is 1. The van der Waals surface area contributed by atoms with E-state index in [4.69, 9.17) is 14.5 Å². The summed E-state index contributed by atoms with van der Waals surface area (Å²) in [5.74, 6) is 1.21. The number of fused-ring (bicyclic) bond motifs is 2. The molecule has 312 valence electrons. The van der Waals surface area contributed by atoms with Crippen LogP contribution in [0.15, 0.2) is 54.9 Å². The highest BCUT2D eigenvalue weighted by Crippen LogP contribution is 2.40. The summed E-state index contributed by atoms with van der Waals surface area (Å²) in [6, 6.07) is 12.1. The van der Waals surface area contributed by atoms with Gasteiger partial charge in [0.15, 0.2) is 18.2 Å². The lowest BCUT2D eigenvalue weighted by atomic mass is 9.89. The molecular formula is C43H50FN7O6S2. The van der Waals surface area contributed by atoms with Gasteiger partial charge in [0.25, 0.3) is 5.91 Å². The second-order valence-corrected chi connectivity index (χ2v) is 18.2. The number of anilines is 1. The van der Waals surface area contributed by atoms with Gasteiger partial charge in [-0.25, -0.2) is 9.18 Å². The molecule has 16 heteroatoms. The fraction of sp³-hybridized carbons (Fsp3) is 0.488. The number of esters is 1. The highest BCUT2D eigenvalue weighted by Gasteiger charge is 2.37. The number of hydrogen-bond donors (Lipinski definition) is 3. The van der Waals surface area contributed by atoms with Crippen LogP contribution in [0.25, 0.3) is 20.8 Å². The van der Waals surface area contributed by atoms with Crippen molar-refractivity contribution in [2.45, 2.75) is 88.1 Å². The smallest absolute Gasteiger partial charge is 0.319 e. The Bertz CT molecular complexity index is 2140. The predicted octanol–water partition coefficient (Wildman–Crippen LogP) is 7.11. The molecule has 6 heterocycles. The van der Waals surface area contributed by atoms with Crippen molar-refractivity contribution >= 4 is 62.8 Å². The number of nitrogens with one attached hydrogen (secondary N) is 3. The SMILES string of the molecule is O=C1CCCC[C@@H]2CS[C@H](CCCCC(=O)OCC(=O)N3CCN(Cc4ccc(-c5cc6nccc(Oc7ccc(NC(=O)NC8CC8)cc7F)c6s5)nc4)CC3)[C@@H]2N1. The molecule has 1 saturated carbocycles. The zero-order valence-electron chi connectivity index (χ0n) is 33.0. The molecule has 13 nitrogen and oxygen atoms in total. The second-order valence-electron chi connectivity index (χ2n) is 15.8. The van der Waals surface area contributed by atoms with Gasteiger partial charge in [-0.3, -0.25) is 29.3 Å². The minimum absolute atomic E-state index is 0.0362. The molecule has 3 N–H and O–H groups in total. The first-order valence-corrected chi connectivity index (χ1v) is 22.6. The predicted molar refractivity (Wildman–Crippen MR) is 226 cm³/mol. The fourth-order valence-electron chi connectivity index (χ4n) is 7.92. The number of rotatable bonds is 14. The van der Waals surface area contributed by atoms with Crippen LogP contribution < -0.4 is 20.7 Å². The van der Waals surface area contributed by atoms with Crippen LogP contribution in [0.2, 0.25) is 0 Å². The number of benzene rings is 1. The zero-order valence-corrected chi connectivity index (χ0v) is 34.6. The Balaban J connectivity index is 0.751. The number of urea groups is 1. The maximum atomic E-state index is 15.0. The van der Waals surface area contributed by atoms with E-state index in [1.165, 1.54) is 29.9 Å². The first kappa shape index (κ1) is 41.0. The summed E-state index contributed by atoms with van der Waals surface area (Å²) in [7, 11) is 0. The van der Waals surface area contributed by atoms with E-state index in [1.54, 1.807) is 23.2 Å². The first-order chi connectivity index (χ1) is 28.7. The number of pyridine rings is 2. The number of carbonyl (C=O) groups is 4. The number of hydrogen-bond acceptors (Lipinski definition) is 11. The third-order valence-electron chi connectivity index (χ3n) is 11.4. The molecule has 1 aliphatic carbocycles. The minimum Gasteiger partial charge on any atom is -0.456 e. The molecule has 4 amide bonds. The largest absolute Gasteiger partial charge is 0.456 e. The number of piperazine rings is 1. The molecule has 3 atom stereocenters. The van der Waals surface area contributed by atoms with Crippen LogP contribution in [-0.4, -0.2) is 99.5 Å². The zero-order chi connectivity index (χ0) is 40.7. The van der Waals surface area contributed by atoms with Gasteiger partial charge in [-0.1, -0.05) is 18.9 Å². The van der Waals surface area contributed by atoms with Crippen LogP contribution in [0.4, 0.5) is 14.9 Å². The Morgan fingerprint density at radius 1 is 0.966 bits per heavy atom. The Labute approximate surface area is 351 Å². The Hall–Kier alpha value is -4.80. The topological polar surface area (TPSA) is 155 Å². The van der Waals surface area contributed by atoms with Crippen molar-refractivity contribution in [2.24, 2.45) is 5.92 Å². The van der Waals surface area contributed by atoms with Gasteiger partial charge in [0.05, 0.1) is 20.8 Å². The highest BCUT2D eigenvalue weighted by molar-refractivity contribution is 8.00. The van der Waals surface area contributed by atoms with Gasteiger partial charge in [-0.05, 0) is 80.0 Å². The molecule has 0 radical (unpaired) electrons. The van der Waals surface area contributed by atoms with Crippen molar-refractivity contribution < 1.29 is 33.0 Å². The standard InChI is InChI=1S/C43H50FN7O6S2/c44-31-21-30(48-43(55)47-29-10-11-29)12-14-34(31)57-35-15-16-45-33-22-37(59-42(33)35)32-13-9-27(23-46-32)24-50-17-19-51(20-18-50)39(53)25-56-40(54)8-4-2-6-36-41-28(26-58-36)5-1-3-7-38(52)49-41/h9,12-16,21-23,28-29,36,41H,1-8,10-11,17-20,24-26H2,(H,49,52)(H2,47,48,55)/t28-,36-,41-/m1/s1. The number of thiophene rings is 1. The number of carbonyl (C=O) groups excluding carboxylic acids is 4. The van der Waals surface area contributed by atoms with E-state index in [2.05, 4.69) is 25.8 Å². The molecule has 0 spiro atoms. The minimum atomic E-state index is -0.597. The lowest BCUT2D eigenvalue weighted by Crippen LogP contribution is -2.49.